The summed E-state index contributed by atoms with van der Waals surface area (Å²) in [7, 11) is 1.24. The van der Waals surface area contributed by atoms with Gasteiger partial charge in [0.15, 0.2) is 0 Å². The lowest BCUT2D eigenvalue weighted by Gasteiger charge is -2.25. The topological polar surface area (TPSA) is 87.7 Å². The molecule has 2 aromatic rings. The molecule has 0 aromatic heterocycles. The van der Waals surface area contributed by atoms with Gasteiger partial charge in [-0.25, -0.2) is 4.79 Å². The summed E-state index contributed by atoms with van der Waals surface area (Å²) in [5.41, 5.74) is 2.63. The predicted molar refractivity (Wildman–Crippen MR) is 100 cm³/mol. The summed E-state index contributed by atoms with van der Waals surface area (Å²) in [5.74, 6) is -0.791. The molecule has 7 nitrogen and oxygen atoms in total. The summed E-state index contributed by atoms with van der Waals surface area (Å²) in [6.07, 6.45) is 0.776. The van der Waals surface area contributed by atoms with E-state index in [4.69, 9.17) is 0 Å². The number of carbonyl (C=O) groups excluding carboxylic acids is 3. The van der Waals surface area contributed by atoms with Gasteiger partial charge < -0.3 is 20.3 Å². The lowest BCUT2D eigenvalue weighted by Crippen LogP contribution is -2.47. The van der Waals surface area contributed by atoms with E-state index in [1.54, 1.807) is 17.0 Å². The zero-order chi connectivity index (χ0) is 19.2. The number of rotatable bonds is 5. The number of esters is 1. The fourth-order valence-electron chi connectivity index (χ4n) is 3.06. The smallest absolute Gasteiger partial charge is 0.325 e. The van der Waals surface area contributed by atoms with E-state index in [9.17, 15) is 14.4 Å². The van der Waals surface area contributed by atoms with Gasteiger partial charge in [0.05, 0.1) is 7.11 Å². The zero-order valence-corrected chi connectivity index (χ0v) is 15.0. The minimum Gasteiger partial charge on any atom is -0.468 e. The van der Waals surface area contributed by atoms with Crippen molar-refractivity contribution in [3.8, 4) is 0 Å². The summed E-state index contributed by atoms with van der Waals surface area (Å²) in [6.45, 7) is 0.289. The van der Waals surface area contributed by atoms with E-state index in [2.05, 4.69) is 15.4 Å². The van der Waals surface area contributed by atoms with Crippen LogP contribution in [0, 0.1) is 0 Å². The summed E-state index contributed by atoms with van der Waals surface area (Å²) in [4.78, 5) is 38.3. The number of hydrogen-bond acceptors (Lipinski definition) is 4. The molecule has 0 saturated carbocycles. The first-order chi connectivity index (χ1) is 13.1. The number of fused-ring (bicyclic) bond motifs is 1. The second kappa shape index (κ2) is 8.35. The van der Waals surface area contributed by atoms with Crippen LogP contribution in [0.4, 0.5) is 10.5 Å². The molecule has 140 valence electrons. The number of urea groups is 1. The molecular weight excluding hydrogens is 346 g/mol. The Morgan fingerprint density at radius 3 is 2.52 bits per heavy atom. The van der Waals surface area contributed by atoms with Crippen molar-refractivity contribution in [2.24, 2.45) is 0 Å². The van der Waals surface area contributed by atoms with Gasteiger partial charge >= 0.3 is 12.0 Å². The number of anilines is 1. The molecule has 1 atom stereocenters. The van der Waals surface area contributed by atoms with Crippen LogP contribution in [0.5, 0.6) is 0 Å². The second-order valence-electron chi connectivity index (χ2n) is 6.12. The van der Waals surface area contributed by atoms with E-state index in [-0.39, 0.29) is 12.5 Å². The Hall–Kier alpha value is -3.35. The Balaban J connectivity index is 1.80. The number of para-hydroxylation sites is 1. The van der Waals surface area contributed by atoms with Crippen molar-refractivity contribution < 1.29 is 19.1 Å². The predicted octanol–water partition coefficient (Wildman–Crippen LogP) is 1.79. The highest BCUT2D eigenvalue weighted by atomic mass is 16.5. The Kier molecular flexibility index (Phi) is 5.71. The number of nitrogens with zero attached hydrogens (tertiary/aromatic N) is 1. The third-order valence-corrected chi connectivity index (χ3v) is 4.43. The molecule has 0 fully saturated rings. The highest BCUT2D eigenvalue weighted by molar-refractivity contribution is 6.01. The number of benzene rings is 2. The van der Waals surface area contributed by atoms with Crippen molar-refractivity contribution in [1.82, 2.24) is 10.6 Å². The maximum Gasteiger partial charge on any atom is 0.325 e. The van der Waals surface area contributed by atoms with Crippen molar-refractivity contribution in [3.63, 3.8) is 0 Å². The van der Waals surface area contributed by atoms with Crippen LogP contribution >= 0.6 is 0 Å². The van der Waals surface area contributed by atoms with Gasteiger partial charge in [-0.1, -0.05) is 48.5 Å². The quantitative estimate of drug-likeness (QED) is 0.789. The summed E-state index contributed by atoms with van der Waals surface area (Å²) in [5, 5.41) is 5.07. The molecule has 1 unspecified atom stereocenters. The largest absolute Gasteiger partial charge is 0.468 e. The molecule has 0 aliphatic carbocycles. The average molecular weight is 367 g/mol. The van der Waals surface area contributed by atoms with E-state index in [0.29, 0.717) is 12.1 Å². The molecular formula is C20H21N3O4. The molecule has 0 saturated heterocycles. The molecule has 1 aliphatic rings. The Morgan fingerprint density at radius 2 is 1.78 bits per heavy atom. The lowest BCUT2D eigenvalue weighted by atomic mass is 10.1. The van der Waals surface area contributed by atoms with Gasteiger partial charge in [0, 0.05) is 12.2 Å². The SMILES string of the molecule is COC(=O)CNC(=O)NC(C(=O)N1CCc2ccccc21)c1ccccc1. The summed E-state index contributed by atoms with van der Waals surface area (Å²) < 4.78 is 4.50. The molecule has 0 radical (unpaired) electrons. The molecule has 7 heteroatoms. The van der Waals surface area contributed by atoms with Gasteiger partial charge in [0.2, 0.25) is 0 Å². The first-order valence-electron chi connectivity index (χ1n) is 8.65. The van der Waals surface area contributed by atoms with Crippen LogP contribution in [0.2, 0.25) is 0 Å². The normalized spacial score (nSPS) is 13.4. The van der Waals surface area contributed by atoms with Crippen LogP contribution in [0.3, 0.4) is 0 Å². The number of hydrogen-bond donors (Lipinski definition) is 2. The minimum atomic E-state index is -0.866. The molecule has 27 heavy (non-hydrogen) atoms. The van der Waals surface area contributed by atoms with Crippen molar-refractivity contribution in [2.45, 2.75) is 12.5 Å². The van der Waals surface area contributed by atoms with Crippen LogP contribution in [0.15, 0.2) is 54.6 Å². The zero-order valence-electron chi connectivity index (χ0n) is 15.0. The van der Waals surface area contributed by atoms with E-state index < -0.39 is 18.0 Å². The highest BCUT2D eigenvalue weighted by Gasteiger charge is 2.32. The Labute approximate surface area is 157 Å². The molecule has 3 rings (SSSR count). The molecule has 2 N–H and O–H groups in total. The van der Waals surface area contributed by atoms with E-state index in [1.807, 2.05) is 42.5 Å². The van der Waals surface area contributed by atoms with Gasteiger partial charge in [-0.3, -0.25) is 9.59 Å². The third kappa shape index (κ3) is 4.25. The van der Waals surface area contributed by atoms with Crippen molar-refractivity contribution in [1.29, 1.82) is 0 Å². The molecule has 2 aromatic carbocycles. The number of amides is 3. The molecule has 1 aliphatic heterocycles. The van der Waals surface area contributed by atoms with E-state index in [1.165, 1.54) is 7.11 Å². The van der Waals surface area contributed by atoms with Crippen LogP contribution < -0.4 is 15.5 Å². The lowest BCUT2D eigenvalue weighted by molar-refractivity contribution is -0.139. The molecule has 3 amide bonds. The Bertz CT molecular complexity index is 838. The van der Waals surface area contributed by atoms with Crippen molar-refractivity contribution >= 4 is 23.6 Å². The number of ether oxygens (including phenoxy) is 1. The van der Waals surface area contributed by atoms with Crippen LogP contribution in [0.25, 0.3) is 0 Å². The second-order valence-corrected chi connectivity index (χ2v) is 6.12. The maximum atomic E-state index is 13.2. The molecule has 0 bridgehead atoms. The number of nitrogens with one attached hydrogen (secondary N) is 2. The van der Waals surface area contributed by atoms with Crippen molar-refractivity contribution in [2.75, 3.05) is 25.1 Å². The third-order valence-electron chi connectivity index (χ3n) is 4.43. The minimum absolute atomic E-state index is 0.223. The monoisotopic (exact) mass is 367 g/mol. The van der Waals surface area contributed by atoms with Gasteiger partial charge in [-0.15, -0.1) is 0 Å². The van der Waals surface area contributed by atoms with Gasteiger partial charge in [-0.2, -0.15) is 0 Å². The standard InChI is InChI=1S/C20H21N3O4/c1-27-17(24)13-21-20(26)22-18(15-8-3-2-4-9-15)19(25)23-12-11-14-7-5-6-10-16(14)23/h2-10,18H,11-13H2,1H3,(H2,21,22,26). The molecule has 1 heterocycles. The van der Waals surface area contributed by atoms with Gasteiger partial charge in [0.25, 0.3) is 5.91 Å². The van der Waals surface area contributed by atoms with E-state index >= 15 is 0 Å². The highest BCUT2D eigenvalue weighted by Crippen LogP contribution is 2.30. The van der Waals surface area contributed by atoms with Crippen LogP contribution in [-0.2, 0) is 20.7 Å². The fourth-order valence-corrected chi connectivity index (χ4v) is 3.06. The fraction of sp³-hybridized carbons (Fsp3) is 0.250. The first-order valence-corrected chi connectivity index (χ1v) is 8.65. The van der Waals surface area contributed by atoms with Crippen LogP contribution in [-0.4, -0.2) is 38.1 Å². The summed E-state index contributed by atoms with van der Waals surface area (Å²) >= 11 is 0. The maximum absolute atomic E-state index is 13.2. The number of methoxy groups -OCH3 is 1. The van der Waals surface area contributed by atoms with Gasteiger partial charge in [0.1, 0.15) is 12.6 Å². The molecule has 0 spiro atoms. The van der Waals surface area contributed by atoms with Crippen LogP contribution in [0.1, 0.15) is 17.2 Å². The summed E-state index contributed by atoms with van der Waals surface area (Å²) in [6, 6.07) is 15.3. The van der Waals surface area contributed by atoms with Crippen molar-refractivity contribution in [3.05, 3.63) is 65.7 Å². The Morgan fingerprint density at radius 1 is 1.07 bits per heavy atom. The van der Waals surface area contributed by atoms with E-state index in [0.717, 1.165) is 17.7 Å². The first kappa shape index (κ1) is 18.4. The average Bonchev–Trinajstić information content (AvgIpc) is 3.14. The van der Waals surface area contributed by atoms with Gasteiger partial charge in [-0.05, 0) is 23.6 Å². The number of carbonyl (C=O) groups is 3.